The number of nitrogens with one attached hydrogen (secondary N) is 1. The van der Waals surface area contributed by atoms with Gasteiger partial charge >= 0.3 is 0 Å². The van der Waals surface area contributed by atoms with E-state index in [1.165, 1.54) is 17.8 Å². The average Bonchev–Trinajstić information content (AvgIpc) is 2.40. The number of piperazine rings is 1. The van der Waals surface area contributed by atoms with E-state index in [2.05, 4.69) is 35.0 Å². The minimum atomic E-state index is 0.738. The molecule has 0 radical (unpaired) electrons. The molecular weight excluding hydrogens is 270 g/mol. The Hall–Kier alpha value is -0.770. The fourth-order valence-corrected chi connectivity index (χ4v) is 3.23. The lowest BCUT2D eigenvalue weighted by Gasteiger charge is -2.38. The number of rotatable bonds is 5. The average molecular weight is 296 g/mol. The van der Waals surface area contributed by atoms with Gasteiger partial charge in [0.05, 0.1) is 10.7 Å². The maximum Gasteiger partial charge on any atom is 0.0642 e. The van der Waals surface area contributed by atoms with Gasteiger partial charge in [0.25, 0.3) is 0 Å². The second-order valence-electron chi connectivity index (χ2n) is 5.96. The molecule has 0 aliphatic carbocycles. The molecule has 0 aromatic heterocycles. The van der Waals surface area contributed by atoms with Crippen molar-refractivity contribution in [1.29, 1.82) is 0 Å². The molecule has 0 bridgehead atoms. The zero-order valence-corrected chi connectivity index (χ0v) is 13.6. The van der Waals surface area contributed by atoms with Crippen LogP contribution < -0.4 is 10.2 Å². The molecule has 1 aromatic rings. The summed E-state index contributed by atoms with van der Waals surface area (Å²) < 4.78 is 0. The summed E-state index contributed by atoms with van der Waals surface area (Å²) in [4.78, 5) is 4.99. The van der Waals surface area contributed by atoms with Gasteiger partial charge in [-0.1, -0.05) is 37.6 Å². The Kier molecular flexibility index (Phi) is 5.70. The number of anilines is 1. The number of para-hydroxylation sites is 1. The van der Waals surface area contributed by atoms with Gasteiger partial charge in [0.2, 0.25) is 0 Å². The lowest BCUT2D eigenvalue weighted by atomic mass is 10.1. The molecule has 0 unspecified atom stereocenters. The predicted molar refractivity (Wildman–Crippen MR) is 87.7 cm³/mol. The van der Waals surface area contributed by atoms with E-state index in [1.54, 1.807) is 0 Å². The highest BCUT2D eigenvalue weighted by Crippen LogP contribution is 2.30. The molecule has 1 aliphatic heterocycles. The number of halogens is 1. The Labute approximate surface area is 127 Å². The van der Waals surface area contributed by atoms with Gasteiger partial charge in [-0.3, -0.25) is 4.90 Å². The van der Waals surface area contributed by atoms with Crippen LogP contribution in [-0.2, 0) is 6.54 Å². The van der Waals surface area contributed by atoms with Crippen molar-refractivity contribution >= 4 is 17.3 Å². The third-order valence-corrected chi connectivity index (χ3v) is 4.05. The molecule has 112 valence electrons. The number of nitrogens with zero attached hydrogens (tertiary/aromatic N) is 2. The fraction of sp³-hybridized carbons (Fsp3) is 0.625. The summed E-state index contributed by atoms with van der Waals surface area (Å²) in [7, 11) is 1.98. The van der Waals surface area contributed by atoms with Gasteiger partial charge < -0.3 is 10.2 Å². The molecule has 20 heavy (non-hydrogen) atoms. The Morgan fingerprint density at radius 2 is 1.90 bits per heavy atom. The maximum atomic E-state index is 6.44. The van der Waals surface area contributed by atoms with E-state index in [4.69, 9.17) is 11.6 Å². The van der Waals surface area contributed by atoms with Gasteiger partial charge in [-0.2, -0.15) is 0 Å². The van der Waals surface area contributed by atoms with Crippen LogP contribution in [0, 0.1) is 5.92 Å². The third kappa shape index (κ3) is 3.87. The molecule has 1 saturated heterocycles. The Bertz CT molecular complexity index is 426. The normalized spacial score (nSPS) is 16.9. The molecular formula is C16H26ClN3. The van der Waals surface area contributed by atoms with Crippen LogP contribution in [0.1, 0.15) is 19.4 Å². The van der Waals surface area contributed by atoms with E-state index in [0.29, 0.717) is 0 Å². The molecule has 1 N–H and O–H groups in total. The first kappa shape index (κ1) is 15.6. The second-order valence-corrected chi connectivity index (χ2v) is 6.37. The maximum absolute atomic E-state index is 6.44. The van der Waals surface area contributed by atoms with Crippen LogP contribution >= 0.6 is 11.6 Å². The number of hydrogen-bond donors (Lipinski definition) is 1. The molecule has 0 atom stereocenters. The zero-order valence-electron chi connectivity index (χ0n) is 12.8. The topological polar surface area (TPSA) is 18.5 Å². The Morgan fingerprint density at radius 3 is 2.50 bits per heavy atom. The third-order valence-electron chi connectivity index (χ3n) is 3.75. The van der Waals surface area contributed by atoms with Crippen LogP contribution in [-0.4, -0.2) is 44.7 Å². The van der Waals surface area contributed by atoms with Crippen molar-refractivity contribution in [2.24, 2.45) is 5.92 Å². The summed E-state index contributed by atoms with van der Waals surface area (Å²) in [6, 6.07) is 6.20. The number of benzene rings is 1. The van der Waals surface area contributed by atoms with E-state index in [9.17, 15) is 0 Å². The van der Waals surface area contributed by atoms with Crippen LogP contribution in [0.4, 0.5) is 5.69 Å². The van der Waals surface area contributed by atoms with Crippen molar-refractivity contribution in [2.75, 3.05) is 44.7 Å². The van der Waals surface area contributed by atoms with Crippen molar-refractivity contribution < 1.29 is 0 Å². The summed E-state index contributed by atoms with van der Waals surface area (Å²) in [6.45, 7) is 11.0. The van der Waals surface area contributed by atoms with E-state index < -0.39 is 0 Å². The SMILES string of the molecule is CNCc1cccc(Cl)c1N1CCN(CC(C)C)CC1. The van der Waals surface area contributed by atoms with Gasteiger partial charge in [-0.05, 0) is 24.6 Å². The van der Waals surface area contributed by atoms with E-state index in [-0.39, 0.29) is 0 Å². The first-order valence-corrected chi connectivity index (χ1v) is 7.89. The van der Waals surface area contributed by atoms with Gasteiger partial charge in [-0.25, -0.2) is 0 Å². The fourth-order valence-electron chi connectivity index (χ4n) is 2.92. The largest absolute Gasteiger partial charge is 0.368 e. The van der Waals surface area contributed by atoms with Gasteiger partial charge in [-0.15, -0.1) is 0 Å². The van der Waals surface area contributed by atoms with Crippen molar-refractivity contribution in [2.45, 2.75) is 20.4 Å². The molecule has 4 heteroatoms. The summed E-state index contributed by atoms with van der Waals surface area (Å²) in [6.07, 6.45) is 0. The zero-order chi connectivity index (χ0) is 14.5. The van der Waals surface area contributed by atoms with Crippen molar-refractivity contribution in [3.8, 4) is 0 Å². The van der Waals surface area contributed by atoms with Crippen LogP contribution in [0.25, 0.3) is 0 Å². The van der Waals surface area contributed by atoms with Gasteiger partial charge in [0.1, 0.15) is 0 Å². The molecule has 1 aromatic carbocycles. The van der Waals surface area contributed by atoms with Crippen molar-refractivity contribution in [3.05, 3.63) is 28.8 Å². The smallest absolute Gasteiger partial charge is 0.0642 e. The summed E-state index contributed by atoms with van der Waals surface area (Å²) in [5.41, 5.74) is 2.50. The van der Waals surface area contributed by atoms with Crippen LogP contribution in [0.2, 0.25) is 5.02 Å². The van der Waals surface area contributed by atoms with Crippen LogP contribution in [0.5, 0.6) is 0 Å². The molecule has 0 saturated carbocycles. The highest BCUT2D eigenvalue weighted by atomic mass is 35.5. The van der Waals surface area contributed by atoms with Crippen molar-refractivity contribution in [3.63, 3.8) is 0 Å². The molecule has 0 amide bonds. The van der Waals surface area contributed by atoms with Crippen LogP contribution in [0.15, 0.2) is 18.2 Å². The van der Waals surface area contributed by atoms with Crippen LogP contribution in [0.3, 0.4) is 0 Å². The van der Waals surface area contributed by atoms with Crippen molar-refractivity contribution in [1.82, 2.24) is 10.2 Å². The highest BCUT2D eigenvalue weighted by molar-refractivity contribution is 6.33. The summed E-state index contributed by atoms with van der Waals surface area (Å²) >= 11 is 6.44. The quantitative estimate of drug-likeness (QED) is 0.901. The van der Waals surface area contributed by atoms with Gasteiger partial charge in [0.15, 0.2) is 0 Å². The molecule has 0 spiro atoms. The molecule has 3 nitrogen and oxygen atoms in total. The minimum absolute atomic E-state index is 0.738. The second kappa shape index (κ2) is 7.30. The first-order valence-electron chi connectivity index (χ1n) is 7.51. The lowest BCUT2D eigenvalue weighted by Crippen LogP contribution is -2.47. The highest BCUT2D eigenvalue weighted by Gasteiger charge is 2.21. The van der Waals surface area contributed by atoms with E-state index in [1.807, 2.05) is 19.2 Å². The molecule has 1 fully saturated rings. The lowest BCUT2D eigenvalue weighted by molar-refractivity contribution is 0.231. The Morgan fingerprint density at radius 1 is 1.20 bits per heavy atom. The Balaban J connectivity index is 2.06. The van der Waals surface area contributed by atoms with E-state index in [0.717, 1.165) is 43.7 Å². The molecule has 1 heterocycles. The monoisotopic (exact) mass is 295 g/mol. The van der Waals surface area contributed by atoms with Gasteiger partial charge in [0, 0.05) is 39.3 Å². The molecule has 1 aliphatic rings. The molecule has 2 rings (SSSR count). The predicted octanol–water partition coefficient (Wildman–Crippen LogP) is 2.84. The summed E-state index contributed by atoms with van der Waals surface area (Å²) in [5, 5.41) is 4.10. The first-order chi connectivity index (χ1) is 9.61. The van der Waals surface area contributed by atoms with E-state index >= 15 is 0 Å². The standard InChI is InChI=1S/C16H26ClN3/c1-13(2)12-19-7-9-20(10-8-19)16-14(11-18-3)5-4-6-15(16)17/h4-6,13,18H,7-12H2,1-3H3. The number of hydrogen-bond acceptors (Lipinski definition) is 3. The minimum Gasteiger partial charge on any atom is -0.368 e. The summed E-state index contributed by atoms with van der Waals surface area (Å²) in [5.74, 6) is 0.738.